The lowest BCUT2D eigenvalue weighted by Gasteiger charge is -2.37. The van der Waals surface area contributed by atoms with Crippen LogP contribution in [0.15, 0.2) is 65.4 Å². The number of fused-ring (bicyclic) bond motifs is 1. The van der Waals surface area contributed by atoms with E-state index in [-0.39, 0.29) is 11.8 Å². The molecule has 0 N–H and O–H groups in total. The summed E-state index contributed by atoms with van der Waals surface area (Å²) in [4.78, 5) is 23.0. The highest BCUT2D eigenvalue weighted by molar-refractivity contribution is 5.83. The molecule has 4 aromatic rings. The summed E-state index contributed by atoms with van der Waals surface area (Å²) in [7, 11) is 0. The summed E-state index contributed by atoms with van der Waals surface area (Å²) in [5.74, 6) is 1.22. The van der Waals surface area contributed by atoms with Gasteiger partial charge in [0.2, 0.25) is 17.6 Å². The molecule has 0 saturated carbocycles. The van der Waals surface area contributed by atoms with Crippen molar-refractivity contribution < 1.29 is 9.32 Å². The van der Waals surface area contributed by atoms with E-state index in [1.807, 2.05) is 64.2 Å². The lowest BCUT2D eigenvalue weighted by molar-refractivity contribution is -0.136. The van der Waals surface area contributed by atoms with E-state index in [1.165, 1.54) is 0 Å². The predicted molar refractivity (Wildman–Crippen MR) is 98.8 cm³/mol. The molecule has 1 aromatic carbocycles. The summed E-state index contributed by atoms with van der Waals surface area (Å²) in [6.07, 6.45) is 3.65. The van der Waals surface area contributed by atoms with Gasteiger partial charge in [-0.25, -0.2) is 0 Å². The average molecular weight is 359 g/mol. The first-order chi connectivity index (χ1) is 13.3. The quantitative estimate of drug-likeness (QED) is 0.560. The number of aromatic nitrogens is 4. The highest BCUT2D eigenvalue weighted by Gasteiger charge is 2.35. The van der Waals surface area contributed by atoms with Crippen molar-refractivity contribution in [2.45, 2.75) is 12.5 Å². The van der Waals surface area contributed by atoms with E-state index in [4.69, 9.17) is 4.52 Å². The van der Waals surface area contributed by atoms with Gasteiger partial charge in [-0.05, 0) is 29.7 Å². The van der Waals surface area contributed by atoms with E-state index >= 15 is 0 Å². The third kappa shape index (κ3) is 2.87. The third-order valence-corrected chi connectivity index (χ3v) is 4.91. The van der Waals surface area contributed by atoms with Crippen molar-refractivity contribution in [2.24, 2.45) is 0 Å². The normalized spacial score (nSPS) is 14.4. The fourth-order valence-electron chi connectivity index (χ4n) is 3.36. The highest BCUT2D eigenvalue weighted by atomic mass is 16.5. The number of para-hydroxylation sites is 1. The Kier molecular flexibility index (Phi) is 3.71. The van der Waals surface area contributed by atoms with Crippen molar-refractivity contribution >= 4 is 16.8 Å². The third-order valence-electron chi connectivity index (χ3n) is 4.91. The van der Waals surface area contributed by atoms with Crippen molar-refractivity contribution in [1.82, 2.24) is 24.6 Å². The second-order valence-corrected chi connectivity index (χ2v) is 6.67. The van der Waals surface area contributed by atoms with E-state index < -0.39 is 0 Å². The molecular formula is C20H17N5O2. The Morgan fingerprint density at radius 3 is 2.81 bits per heavy atom. The maximum Gasteiger partial charge on any atom is 0.242 e. The van der Waals surface area contributed by atoms with Crippen LogP contribution in [0.1, 0.15) is 11.8 Å². The first-order valence-electron chi connectivity index (χ1n) is 8.84. The Bertz CT molecular complexity index is 1100. The Hall–Kier alpha value is -3.48. The van der Waals surface area contributed by atoms with E-state index in [9.17, 15) is 4.79 Å². The van der Waals surface area contributed by atoms with Gasteiger partial charge < -0.3 is 14.0 Å². The average Bonchev–Trinajstić information content (AvgIpc) is 3.29. The van der Waals surface area contributed by atoms with Crippen LogP contribution in [0.25, 0.3) is 22.4 Å². The van der Waals surface area contributed by atoms with Gasteiger partial charge in [0.1, 0.15) is 12.2 Å². The maximum absolute atomic E-state index is 12.6. The van der Waals surface area contributed by atoms with Gasteiger partial charge in [0, 0.05) is 31.0 Å². The number of amides is 1. The van der Waals surface area contributed by atoms with Gasteiger partial charge in [-0.1, -0.05) is 29.4 Å². The van der Waals surface area contributed by atoms with Gasteiger partial charge in [-0.3, -0.25) is 9.78 Å². The summed E-state index contributed by atoms with van der Waals surface area (Å²) in [5, 5.41) is 5.14. The molecule has 134 valence electrons. The molecule has 1 aliphatic rings. The summed E-state index contributed by atoms with van der Waals surface area (Å²) in [5.41, 5.74) is 1.75. The Balaban J connectivity index is 1.23. The molecule has 0 radical (unpaired) electrons. The van der Waals surface area contributed by atoms with Gasteiger partial charge in [0.05, 0.1) is 5.92 Å². The van der Waals surface area contributed by atoms with E-state index in [2.05, 4.69) is 15.1 Å². The van der Waals surface area contributed by atoms with Crippen LogP contribution in [-0.2, 0) is 11.3 Å². The molecule has 7 heteroatoms. The fourth-order valence-corrected chi connectivity index (χ4v) is 3.36. The molecule has 4 heterocycles. The first-order valence-corrected chi connectivity index (χ1v) is 8.84. The Labute approximate surface area is 155 Å². The van der Waals surface area contributed by atoms with Crippen LogP contribution in [0.5, 0.6) is 0 Å². The molecule has 0 aliphatic carbocycles. The topological polar surface area (TPSA) is 77.1 Å². The fraction of sp³-hybridized carbons (Fsp3) is 0.200. The largest absolute Gasteiger partial charge is 0.339 e. The minimum atomic E-state index is 0.0836. The molecule has 0 bridgehead atoms. The number of nitrogens with zero attached hydrogens (tertiary/aromatic N) is 5. The molecule has 27 heavy (non-hydrogen) atoms. The van der Waals surface area contributed by atoms with Gasteiger partial charge in [0.15, 0.2) is 0 Å². The zero-order valence-electron chi connectivity index (χ0n) is 14.5. The molecule has 0 atom stereocenters. The van der Waals surface area contributed by atoms with Crippen LogP contribution in [0.4, 0.5) is 0 Å². The molecule has 1 saturated heterocycles. The zero-order valence-corrected chi connectivity index (χ0v) is 14.5. The summed E-state index contributed by atoms with van der Waals surface area (Å²) in [6.45, 7) is 1.53. The number of hydrogen-bond acceptors (Lipinski definition) is 5. The van der Waals surface area contributed by atoms with Crippen molar-refractivity contribution in [3.05, 3.63) is 66.8 Å². The molecule has 1 amide bonds. The van der Waals surface area contributed by atoms with Crippen molar-refractivity contribution in [3.63, 3.8) is 0 Å². The minimum absolute atomic E-state index is 0.0836. The molecule has 3 aromatic heterocycles. The number of rotatable bonds is 4. The van der Waals surface area contributed by atoms with Gasteiger partial charge in [0.25, 0.3) is 0 Å². The number of hydrogen-bond donors (Lipinski definition) is 0. The van der Waals surface area contributed by atoms with Crippen LogP contribution in [0, 0.1) is 0 Å². The Morgan fingerprint density at radius 2 is 1.96 bits per heavy atom. The summed E-state index contributed by atoms with van der Waals surface area (Å²) in [6, 6.07) is 15.6. The van der Waals surface area contributed by atoms with Gasteiger partial charge in [-0.15, -0.1) is 0 Å². The van der Waals surface area contributed by atoms with E-state index in [0.717, 1.165) is 10.9 Å². The molecule has 7 nitrogen and oxygen atoms in total. The van der Waals surface area contributed by atoms with Crippen LogP contribution in [0.2, 0.25) is 0 Å². The van der Waals surface area contributed by atoms with Crippen LogP contribution < -0.4 is 0 Å². The van der Waals surface area contributed by atoms with Crippen LogP contribution in [-0.4, -0.2) is 43.6 Å². The number of likely N-dealkylation sites (tertiary alicyclic amines) is 1. The number of pyridine rings is 1. The maximum atomic E-state index is 12.6. The van der Waals surface area contributed by atoms with Crippen molar-refractivity contribution in [2.75, 3.05) is 13.1 Å². The van der Waals surface area contributed by atoms with Gasteiger partial charge >= 0.3 is 0 Å². The van der Waals surface area contributed by atoms with Gasteiger partial charge in [-0.2, -0.15) is 4.98 Å². The second-order valence-electron chi connectivity index (χ2n) is 6.67. The minimum Gasteiger partial charge on any atom is -0.339 e. The smallest absolute Gasteiger partial charge is 0.242 e. The highest BCUT2D eigenvalue weighted by Crippen LogP contribution is 2.27. The second kappa shape index (κ2) is 6.35. The standard InChI is InChI=1S/C20H17N5O2/c26-18(13-24-10-8-14-5-1-2-7-17(14)24)25-11-15(12-25)20-22-19(23-27-20)16-6-3-4-9-21-16/h1-10,15H,11-13H2. The monoisotopic (exact) mass is 359 g/mol. The molecule has 1 aliphatic heterocycles. The lowest BCUT2D eigenvalue weighted by Crippen LogP contribution is -2.49. The number of benzene rings is 1. The number of carbonyl (C=O) groups excluding carboxylic acids is 1. The summed E-state index contributed by atoms with van der Waals surface area (Å²) >= 11 is 0. The lowest BCUT2D eigenvalue weighted by atomic mass is 10.00. The van der Waals surface area contributed by atoms with Crippen molar-refractivity contribution in [3.8, 4) is 11.5 Å². The Morgan fingerprint density at radius 1 is 1.11 bits per heavy atom. The van der Waals surface area contributed by atoms with E-state index in [1.54, 1.807) is 6.20 Å². The van der Waals surface area contributed by atoms with Crippen LogP contribution in [0.3, 0.4) is 0 Å². The SMILES string of the molecule is O=C(Cn1ccc2ccccc21)N1CC(c2nc(-c3ccccn3)no2)C1. The summed E-state index contributed by atoms with van der Waals surface area (Å²) < 4.78 is 7.35. The zero-order chi connectivity index (χ0) is 18.2. The predicted octanol–water partition coefficient (Wildman–Crippen LogP) is 2.71. The van der Waals surface area contributed by atoms with Crippen molar-refractivity contribution in [1.29, 1.82) is 0 Å². The van der Waals surface area contributed by atoms with Crippen LogP contribution >= 0.6 is 0 Å². The first kappa shape index (κ1) is 15.7. The molecule has 5 rings (SSSR count). The molecular weight excluding hydrogens is 342 g/mol. The number of carbonyl (C=O) groups is 1. The molecule has 0 spiro atoms. The molecule has 0 unspecified atom stereocenters. The molecule has 1 fully saturated rings. The van der Waals surface area contributed by atoms with E-state index in [0.29, 0.717) is 37.0 Å².